The molecule has 0 saturated heterocycles. The van der Waals surface area contributed by atoms with Crippen molar-refractivity contribution >= 4 is 17.5 Å². The summed E-state index contributed by atoms with van der Waals surface area (Å²) >= 11 is 5.90. The van der Waals surface area contributed by atoms with Gasteiger partial charge in [0.25, 0.3) is 5.91 Å². The lowest BCUT2D eigenvalue weighted by Gasteiger charge is -2.19. The number of amides is 1. The fraction of sp³-hybridized carbons (Fsp3) is 0.333. The molecule has 0 aliphatic heterocycles. The Morgan fingerprint density at radius 1 is 1.19 bits per heavy atom. The summed E-state index contributed by atoms with van der Waals surface area (Å²) in [5.41, 5.74) is -1.42. The molecular weight excluding hydrogens is 390 g/mol. The highest BCUT2D eigenvalue weighted by Crippen LogP contribution is 2.34. The van der Waals surface area contributed by atoms with Gasteiger partial charge in [-0.3, -0.25) is 4.79 Å². The number of nitrogens with one attached hydrogen (secondary N) is 1. The van der Waals surface area contributed by atoms with Gasteiger partial charge in [0.05, 0.1) is 5.56 Å². The summed E-state index contributed by atoms with van der Waals surface area (Å²) < 4.78 is 80.6. The summed E-state index contributed by atoms with van der Waals surface area (Å²) in [6.07, 6.45) is -9.60. The van der Waals surface area contributed by atoms with Crippen LogP contribution in [0.1, 0.15) is 29.4 Å². The third-order valence-electron chi connectivity index (χ3n) is 3.43. The van der Waals surface area contributed by atoms with Gasteiger partial charge in [-0.05, 0) is 18.6 Å². The predicted molar refractivity (Wildman–Crippen MR) is 79.6 cm³/mol. The molecule has 1 amide bonds. The Hall–Kier alpha value is -2.23. The van der Waals surface area contributed by atoms with Crippen LogP contribution in [-0.2, 0) is 6.18 Å². The topological polar surface area (TPSA) is 55.1 Å². The molecule has 0 aliphatic carbocycles. The van der Waals surface area contributed by atoms with Crippen LogP contribution in [0.25, 0.3) is 11.3 Å². The van der Waals surface area contributed by atoms with Crippen LogP contribution >= 0.6 is 11.6 Å². The maximum Gasteiger partial charge on any atom is 0.416 e. The van der Waals surface area contributed by atoms with Crippen molar-refractivity contribution in [1.29, 1.82) is 0 Å². The minimum Gasteiger partial charge on any atom is -0.354 e. The minimum atomic E-state index is -4.66. The van der Waals surface area contributed by atoms with Gasteiger partial charge < -0.3 is 9.84 Å². The standard InChI is InChI=1S/C15H11ClF6N2O2/c1-2-9(15(20,21)22)23-13(25)11-10(16)12(26-24-11)7-3-5-8(6-4-7)14(17,18)19/h3-6,9H,2H2,1H3,(H,23,25). The second-order valence-corrected chi connectivity index (χ2v) is 5.60. The minimum absolute atomic E-state index is 0.0809. The molecule has 1 unspecified atom stereocenters. The van der Waals surface area contributed by atoms with E-state index in [-0.39, 0.29) is 11.3 Å². The highest BCUT2D eigenvalue weighted by atomic mass is 35.5. The summed E-state index contributed by atoms with van der Waals surface area (Å²) in [5.74, 6) is -1.44. The quantitative estimate of drug-likeness (QED) is 0.728. The first-order valence-corrected chi connectivity index (χ1v) is 7.53. The fourth-order valence-corrected chi connectivity index (χ4v) is 2.32. The van der Waals surface area contributed by atoms with E-state index in [9.17, 15) is 31.1 Å². The van der Waals surface area contributed by atoms with E-state index in [0.717, 1.165) is 24.3 Å². The van der Waals surface area contributed by atoms with Gasteiger partial charge in [0.2, 0.25) is 0 Å². The van der Waals surface area contributed by atoms with E-state index in [0.29, 0.717) is 0 Å². The van der Waals surface area contributed by atoms with E-state index in [1.54, 1.807) is 5.32 Å². The van der Waals surface area contributed by atoms with Crippen LogP contribution in [0, 0.1) is 0 Å². The second-order valence-electron chi connectivity index (χ2n) is 5.23. The summed E-state index contributed by atoms with van der Waals surface area (Å²) in [4.78, 5) is 11.9. The maximum atomic E-state index is 12.7. The average Bonchev–Trinajstić information content (AvgIpc) is 2.92. The summed E-state index contributed by atoms with van der Waals surface area (Å²) in [6, 6.07) is 1.52. The van der Waals surface area contributed by atoms with Gasteiger partial charge in [0.1, 0.15) is 11.1 Å². The lowest BCUT2D eigenvalue weighted by molar-refractivity contribution is -0.153. The molecular formula is C15H11ClF6N2O2. The number of aromatic nitrogens is 1. The van der Waals surface area contributed by atoms with Gasteiger partial charge in [-0.1, -0.05) is 35.8 Å². The lowest BCUT2D eigenvalue weighted by atomic mass is 10.1. The molecule has 2 aromatic rings. The van der Waals surface area contributed by atoms with Gasteiger partial charge in [-0.2, -0.15) is 26.3 Å². The van der Waals surface area contributed by atoms with Crippen molar-refractivity contribution in [1.82, 2.24) is 10.5 Å². The first-order valence-electron chi connectivity index (χ1n) is 7.15. The van der Waals surface area contributed by atoms with Gasteiger partial charge in [0.15, 0.2) is 11.5 Å². The first kappa shape index (κ1) is 20.1. The Morgan fingerprint density at radius 3 is 2.23 bits per heavy atom. The van der Waals surface area contributed by atoms with Crippen LogP contribution in [0.2, 0.25) is 5.02 Å². The second kappa shape index (κ2) is 7.18. The molecule has 0 spiro atoms. The number of carbonyl (C=O) groups is 1. The van der Waals surface area contributed by atoms with Crippen molar-refractivity contribution < 1.29 is 35.7 Å². The molecule has 0 radical (unpaired) electrons. The Balaban J connectivity index is 2.26. The summed E-state index contributed by atoms with van der Waals surface area (Å²) in [6.45, 7) is 1.23. The third-order valence-corrected chi connectivity index (χ3v) is 3.78. The molecule has 2 rings (SSSR count). The largest absolute Gasteiger partial charge is 0.416 e. The van der Waals surface area contributed by atoms with E-state index in [1.165, 1.54) is 6.92 Å². The average molecular weight is 401 g/mol. The molecule has 1 atom stereocenters. The molecule has 26 heavy (non-hydrogen) atoms. The monoisotopic (exact) mass is 400 g/mol. The van der Waals surface area contributed by atoms with Crippen LogP contribution in [0.3, 0.4) is 0 Å². The van der Waals surface area contributed by atoms with Gasteiger partial charge >= 0.3 is 12.4 Å². The van der Waals surface area contributed by atoms with Gasteiger partial charge in [-0.15, -0.1) is 0 Å². The molecule has 0 fully saturated rings. The number of carbonyl (C=O) groups excluding carboxylic acids is 1. The van der Waals surface area contributed by atoms with Crippen molar-refractivity contribution in [2.75, 3.05) is 0 Å². The smallest absolute Gasteiger partial charge is 0.354 e. The fourth-order valence-electron chi connectivity index (χ4n) is 2.05. The zero-order valence-corrected chi connectivity index (χ0v) is 13.8. The van der Waals surface area contributed by atoms with Crippen molar-refractivity contribution in [2.45, 2.75) is 31.7 Å². The Morgan fingerprint density at radius 2 is 1.77 bits per heavy atom. The van der Waals surface area contributed by atoms with Crippen molar-refractivity contribution in [2.24, 2.45) is 0 Å². The van der Waals surface area contributed by atoms with Crippen molar-refractivity contribution in [3.8, 4) is 11.3 Å². The third kappa shape index (κ3) is 4.29. The number of nitrogens with zero attached hydrogens (tertiary/aromatic N) is 1. The number of rotatable bonds is 4. The number of benzene rings is 1. The SMILES string of the molecule is CCC(NC(=O)c1noc(-c2ccc(C(F)(F)F)cc2)c1Cl)C(F)(F)F. The molecule has 142 valence electrons. The van der Waals surface area contributed by atoms with Crippen molar-refractivity contribution in [3.05, 3.63) is 40.5 Å². The first-order chi connectivity index (χ1) is 11.9. The zero-order valence-electron chi connectivity index (χ0n) is 13.0. The van der Waals surface area contributed by atoms with E-state index in [2.05, 4.69) is 5.16 Å². The van der Waals surface area contributed by atoms with Crippen LogP contribution in [-0.4, -0.2) is 23.3 Å². The normalized spacial score (nSPS) is 13.5. The maximum absolute atomic E-state index is 12.7. The van der Waals surface area contributed by atoms with E-state index < -0.39 is 47.0 Å². The van der Waals surface area contributed by atoms with Crippen LogP contribution in [0.4, 0.5) is 26.3 Å². The number of hydrogen-bond donors (Lipinski definition) is 1. The molecule has 4 nitrogen and oxygen atoms in total. The predicted octanol–water partition coefficient (Wildman–Crippen LogP) is 5.08. The molecule has 0 aliphatic rings. The number of hydrogen-bond acceptors (Lipinski definition) is 3. The molecule has 0 bridgehead atoms. The molecule has 0 saturated carbocycles. The number of alkyl halides is 6. The molecule has 1 aromatic heterocycles. The zero-order chi connectivity index (χ0) is 19.7. The van der Waals surface area contributed by atoms with Gasteiger partial charge in [-0.25, -0.2) is 0 Å². The summed E-state index contributed by atoms with van der Waals surface area (Å²) in [5, 5.41) is 4.66. The van der Waals surface area contributed by atoms with Gasteiger partial charge in [0, 0.05) is 5.56 Å². The lowest BCUT2D eigenvalue weighted by Crippen LogP contribution is -2.45. The van der Waals surface area contributed by atoms with Crippen LogP contribution in [0.5, 0.6) is 0 Å². The molecule has 1 aromatic carbocycles. The molecule has 11 heteroatoms. The summed E-state index contributed by atoms with van der Waals surface area (Å²) in [7, 11) is 0. The Kier molecular flexibility index (Phi) is 5.55. The molecule has 1 N–H and O–H groups in total. The Bertz CT molecular complexity index is 783. The number of halogens is 7. The van der Waals surface area contributed by atoms with E-state index in [4.69, 9.17) is 16.1 Å². The Labute approximate surface area is 148 Å². The van der Waals surface area contributed by atoms with Crippen LogP contribution < -0.4 is 5.32 Å². The van der Waals surface area contributed by atoms with Crippen LogP contribution in [0.15, 0.2) is 28.8 Å². The van der Waals surface area contributed by atoms with Crippen molar-refractivity contribution in [3.63, 3.8) is 0 Å². The molecule has 1 heterocycles. The van der Waals surface area contributed by atoms with E-state index >= 15 is 0 Å². The highest BCUT2D eigenvalue weighted by Gasteiger charge is 2.40. The highest BCUT2D eigenvalue weighted by molar-refractivity contribution is 6.35. The van der Waals surface area contributed by atoms with E-state index in [1.807, 2.05) is 0 Å².